The van der Waals surface area contributed by atoms with Crippen molar-refractivity contribution in [2.45, 2.75) is 44.8 Å². The molecule has 1 N–H and O–H groups in total. The minimum atomic E-state index is -0.577. The van der Waals surface area contributed by atoms with Crippen LogP contribution >= 0.6 is 0 Å². The minimum absolute atomic E-state index is 0.163. The summed E-state index contributed by atoms with van der Waals surface area (Å²) in [6, 6.07) is 5.78. The summed E-state index contributed by atoms with van der Waals surface area (Å²) in [6.45, 7) is 5.73. The quantitative estimate of drug-likeness (QED) is 0.514. The zero-order chi connectivity index (χ0) is 19.8. The Labute approximate surface area is 167 Å². The second kappa shape index (κ2) is 10.6. The number of β-amino-alcohol motifs (C(OH)–C–C–N with tert-alkyl or cyclic N) is 1. The molecule has 156 valence electrons. The fraction of sp³-hybridized carbons (Fsp3) is 0.667. The van der Waals surface area contributed by atoms with Gasteiger partial charge in [0, 0.05) is 25.2 Å². The molecule has 7 nitrogen and oxygen atoms in total. The Morgan fingerprint density at radius 1 is 1.25 bits per heavy atom. The number of oxime groups is 1. The molecule has 7 heteroatoms. The van der Waals surface area contributed by atoms with Gasteiger partial charge in [-0.2, -0.15) is 0 Å². The molecular formula is C21H32N2O5. The van der Waals surface area contributed by atoms with Gasteiger partial charge >= 0.3 is 0 Å². The number of methoxy groups -OCH3 is 1. The van der Waals surface area contributed by atoms with Gasteiger partial charge in [-0.1, -0.05) is 5.16 Å². The summed E-state index contributed by atoms with van der Waals surface area (Å²) in [6.07, 6.45) is 4.29. The molecule has 1 saturated carbocycles. The molecule has 0 spiro atoms. The molecule has 0 radical (unpaired) electrons. The van der Waals surface area contributed by atoms with Crippen LogP contribution in [0.5, 0.6) is 11.5 Å². The number of aliphatic hydroxyl groups is 1. The van der Waals surface area contributed by atoms with Gasteiger partial charge < -0.3 is 24.2 Å². The predicted molar refractivity (Wildman–Crippen MR) is 107 cm³/mol. The number of hydrogen-bond donors (Lipinski definition) is 1. The molecule has 1 aromatic rings. The van der Waals surface area contributed by atoms with Crippen LogP contribution in [0.15, 0.2) is 23.4 Å². The van der Waals surface area contributed by atoms with Crippen LogP contribution < -0.4 is 9.47 Å². The maximum absolute atomic E-state index is 10.1. The molecule has 1 aliphatic heterocycles. The lowest BCUT2D eigenvalue weighted by Gasteiger charge is -2.28. The normalized spacial score (nSPS) is 20.2. The van der Waals surface area contributed by atoms with Crippen molar-refractivity contribution in [1.82, 2.24) is 4.90 Å². The van der Waals surface area contributed by atoms with Gasteiger partial charge in [0.05, 0.1) is 32.1 Å². The van der Waals surface area contributed by atoms with Gasteiger partial charge in [-0.25, -0.2) is 0 Å². The molecule has 0 amide bonds. The van der Waals surface area contributed by atoms with Crippen LogP contribution in [0.3, 0.4) is 0 Å². The van der Waals surface area contributed by atoms with Crippen molar-refractivity contribution in [3.8, 4) is 11.5 Å². The SMILES string of the molecule is COc1ccc(/C(C)=N\OCC(O)CN2CCOCC2)cc1OC1CCCC1. The third-order valence-electron chi connectivity index (χ3n) is 5.22. The fourth-order valence-corrected chi connectivity index (χ4v) is 3.59. The van der Waals surface area contributed by atoms with E-state index in [1.165, 1.54) is 12.8 Å². The third kappa shape index (κ3) is 6.09. The minimum Gasteiger partial charge on any atom is -0.493 e. The van der Waals surface area contributed by atoms with Crippen LogP contribution in [0.2, 0.25) is 0 Å². The molecule has 2 fully saturated rings. The van der Waals surface area contributed by atoms with Gasteiger partial charge in [0.1, 0.15) is 12.7 Å². The van der Waals surface area contributed by atoms with Crippen molar-refractivity contribution in [3.63, 3.8) is 0 Å². The van der Waals surface area contributed by atoms with E-state index in [0.717, 1.165) is 48.7 Å². The lowest BCUT2D eigenvalue weighted by molar-refractivity contribution is -0.0131. The Bertz CT molecular complexity index is 640. The molecular weight excluding hydrogens is 360 g/mol. The highest BCUT2D eigenvalue weighted by Gasteiger charge is 2.19. The highest BCUT2D eigenvalue weighted by Crippen LogP contribution is 2.32. The number of ether oxygens (including phenoxy) is 3. The summed E-state index contributed by atoms with van der Waals surface area (Å²) in [5, 5.41) is 14.3. The Kier molecular flexibility index (Phi) is 7.94. The topological polar surface area (TPSA) is 72.8 Å². The lowest BCUT2D eigenvalue weighted by Crippen LogP contribution is -2.42. The molecule has 1 aliphatic carbocycles. The van der Waals surface area contributed by atoms with Crippen molar-refractivity contribution in [3.05, 3.63) is 23.8 Å². The summed E-state index contributed by atoms with van der Waals surface area (Å²) < 4.78 is 16.9. The monoisotopic (exact) mass is 392 g/mol. The number of benzene rings is 1. The molecule has 0 aromatic heterocycles. The Hall–Kier alpha value is -1.83. The molecule has 1 atom stereocenters. The van der Waals surface area contributed by atoms with Gasteiger partial charge in [-0.05, 0) is 50.8 Å². The highest BCUT2D eigenvalue weighted by atomic mass is 16.6. The van der Waals surface area contributed by atoms with E-state index in [1.54, 1.807) is 7.11 Å². The van der Waals surface area contributed by atoms with E-state index in [0.29, 0.717) is 19.8 Å². The Morgan fingerprint density at radius 3 is 2.71 bits per heavy atom. The molecule has 1 heterocycles. The zero-order valence-corrected chi connectivity index (χ0v) is 16.9. The molecule has 1 unspecified atom stereocenters. The van der Waals surface area contributed by atoms with Gasteiger partial charge in [0.15, 0.2) is 11.5 Å². The van der Waals surface area contributed by atoms with Gasteiger partial charge in [0.2, 0.25) is 0 Å². The molecule has 3 rings (SSSR count). The van der Waals surface area contributed by atoms with Crippen molar-refractivity contribution in [2.75, 3.05) is 46.6 Å². The Morgan fingerprint density at radius 2 is 2.00 bits per heavy atom. The summed E-state index contributed by atoms with van der Waals surface area (Å²) in [7, 11) is 1.65. The second-order valence-electron chi connectivity index (χ2n) is 7.43. The van der Waals surface area contributed by atoms with Crippen molar-refractivity contribution < 1.29 is 24.2 Å². The van der Waals surface area contributed by atoms with E-state index in [9.17, 15) is 5.11 Å². The van der Waals surface area contributed by atoms with E-state index in [1.807, 2.05) is 25.1 Å². The lowest BCUT2D eigenvalue weighted by atomic mass is 10.1. The molecule has 28 heavy (non-hydrogen) atoms. The smallest absolute Gasteiger partial charge is 0.162 e. The predicted octanol–water partition coefficient (Wildman–Crippen LogP) is 2.45. The van der Waals surface area contributed by atoms with Crippen molar-refractivity contribution in [1.29, 1.82) is 0 Å². The number of aliphatic hydroxyl groups excluding tert-OH is 1. The number of morpholine rings is 1. The number of nitrogens with zero attached hydrogens (tertiary/aromatic N) is 2. The van der Waals surface area contributed by atoms with E-state index in [4.69, 9.17) is 19.0 Å². The summed E-state index contributed by atoms with van der Waals surface area (Å²) >= 11 is 0. The van der Waals surface area contributed by atoms with Crippen LogP contribution in [-0.4, -0.2) is 74.5 Å². The number of hydrogen-bond acceptors (Lipinski definition) is 7. The number of rotatable bonds is 9. The molecule has 2 aliphatic rings. The second-order valence-corrected chi connectivity index (χ2v) is 7.43. The zero-order valence-electron chi connectivity index (χ0n) is 16.9. The standard InChI is InChI=1S/C21H32N2O5/c1-16(22-27-15-18(24)14-23-9-11-26-12-10-23)17-7-8-20(25-2)21(13-17)28-19-5-3-4-6-19/h7-8,13,18-19,24H,3-6,9-12,14-15H2,1-2H3/b22-16-. The van der Waals surface area contributed by atoms with Crippen LogP contribution in [0.25, 0.3) is 0 Å². The summed E-state index contributed by atoms with van der Waals surface area (Å²) in [5.74, 6) is 1.47. The average Bonchev–Trinajstić information content (AvgIpc) is 3.21. The summed E-state index contributed by atoms with van der Waals surface area (Å²) in [5.41, 5.74) is 1.65. The maximum atomic E-state index is 10.1. The van der Waals surface area contributed by atoms with Crippen molar-refractivity contribution in [2.24, 2.45) is 5.16 Å². The van der Waals surface area contributed by atoms with Crippen LogP contribution in [-0.2, 0) is 9.57 Å². The van der Waals surface area contributed by atoms with Crippen LogP contribution in [0.4, 0.5) is 0 Å². The van der Waals surface area contributed by atoms with E-state index in [-0.39, 0.29) is 12.7 Å². The molecule has 1 aromatic carbocycles. The first-order valence-electron chi connectivity index (χ1n) is 10.2. The van der Waals surface area contributed by atoms with E-state index >= 15 is 0 Å². The molecule has 1 saturated heterocycles. The molecule has 0 bridgehead atoms. The van der Waals surface area contributed by atoms with E-state index in [2.05, 4.69) is 10.1 Å². The van der Waals surface area contributed by atoms with Crippen LogP contribution in [0.1, 0.15) is 38.2 Å². The Balaban J connectivity index is 1.53. The first-order chi connectivity index (χ1) is 13.7. The largest absolute Gasteiger partial charge is 0.493 e. The van der Waals surface area contributed by atoms with Crippen molar-refractivity contribution >= 4 is 5.71 Å². The van der Waals surface area contributed by atoms with Gasteiger partial charge in [-0.15, -0.1) is 0 Å². The van der Waals surface area contributed by atoms with Gasteiger partial charge in [-0.3, -0.25) is 4.90 Å². The van der Waals surface area contributed by atoms with Gasteiger partial charge in [0.25, 0.3) is 0 Å². The highest BCUT2D eigenvalue weighted by molar-refractivity contribution is 5.98. The first kappa shape index (κ1) is 20.9. The van der Waals surface area contributed by atoms with E-state index < -0.39 is 6.10 Å². The van der Waals surface area contributed by atoms with Crippen LogP contribution in [0, 0.1) is 0 Å². The first-order valence-corrected chi connectivity index (χ1v) is 10.2. The maximum Gasteiger partial charge on any atom is 0.162 e. The average molecular weight is 392 g/mol. The third-order valence-corrected chi connectivity index (χ3v) is 5.22. The fourth-order valence-electron chi connectivity index (χ4n) is 3.59. The summed E-state index contributed by atoms with van der Waals surface area (Å²) in [4.78, 5) is 7.56.